The van der Waals surface area contributed by atoms with Gasteiger partial charge in [0, 0.05) is 25.4 Å². The molecule has 154 valence electrons. The number of nitrogens with one attached hydrogen (secondary N) is 1. The Morgan fingerprint density at radius 2 is 2.07 bits per heavy atom. The van der Waals surface area contributed by atoms with Gasteiger partial charge in [-0.2, -0.15) is 0 Å². The van der Waals surface area contributed by atoms with Gasteiger partial charge in [0.15, 0.2) is 11.3 Å². The summed E-state index contributed by atoms with van der Waals surface area (Å²) in [7, 11) is 1.59. The quantitative estimate of drug-likeness (QED) is 0.462. The summed E-state index contributed by atoms with van der Waals surface area (Å²) in [4.78, 5) is 24.8. The number of methoxy groups -OCH3 is 1. The van der Waals surface area contributed by atoms with Crippen LogP contribution < -0.4 is 15.7 Å². The van der Waals surface area contributed by atoms with E-state index < -0.39 is 0 Å². The summed E-state index contributed by atoms with van der Waals surface area (Å²) < 4.78 is 9.70. The van der Waals surface area contributed by atoms with E-state index in [-0.39, 0.29) is 17.3 Å². The van der Waals surface area contributed by atoms with E-state index in [2.05, 4.69) is 20.7 Å². The van der Waals surface area contributed by atoms with E-state index in [1.807, 2.05) is 30.3 Å². The van der Waals surface area contributed by atoms with Crippen molar-refractivity contribution in [2.75, 3.05) is 13.7 Å². The van der Waals surface area contributed by atoms with Crippen LogP contribution in [0.25, 0.3) is 11.3 Å². The van der Waals surface area contributed by atoms with E-state index in [9.17, 15) is 9.59 Å². The Kier molecular flexibility index (Phi) is 5.29. The SMILES string of the molecule is COc1cccc(-n2nnc(C(=O)NCCCn3nc4ccccn4c3=O)c2C)c1. The van der Waals surface area contributed by atoms with Crippen LogP contribution in [-0.2, 0) is 6.54 Å². The normalized spacial score (nSPS) is 11.0. The molecule has 1 N–H and O–H groups in total. The van der Waals surface area contributed by atoms with Gasteiger partial charge in [-0.05, 0) is 37.6 Å². The van der Waals surface area contributed by atoms with Crippen molar-refractivity contribution in [1.29, 1.82) is 0 Å². The maximum atomic E-state index is 12.5. The third-order valence-electron chi connectivity index (χ3n) is 4.73. The molecular weight excluding hydrogens is 386 g/mol. The predicted molar refractivity (Wildman–Crippen MR) is 109 cm³/mol. The smallest absolute Gasteiger partial charge is 0.350 e. The molecule has 0 aliphatic rings. The van der Waals surface area contributed by atoms with Gasteiger partial charge in [-0.1, -0.05) is 17.3 Å². The van der Waals surface area contributed by atoms with E-state index in [1.54, 1.807) is 37.0 Å². The summed E-state index contributed by atoms with van der Waals surface area (Å²) in [6.45, 7) is 2.56. The number of rotatable bonds is 7. The topological polar surface area (TPSA) is 108 Å². The zero-order chi connectivity index (χ0) is 21.1. The first-order valence-corrected chi connectivity index (χ1v) is 9.47. The van der Waals surface area contributed by atoms with E-state index >= 15 is 0 Å². The van der Waals surface area contributed by atoms with Crippen LogP contribution in [0.4, 0.5) is 0 Å². The highest BCUT2D eigenvalue weighted by Crippen LogP contribution is 2.18. The van der Waals surface area contributed by atoms with Crippen LogP contribution in [0.3, 0.4) is 0 Å². The number of carbonyl (C=O) groups is 1. The van der Waals surface area contributed by atoms with Crippen molar-refractivity contribution >= 4 is 11.6 Å². The molecule has 0 fully saturated rings. The van der Waals surface area contributed by atoms with E-state index in [4.69, 9.17) is 4.74 Å². The molecule has 4 aromatic rings. The van der Waals surface area contributed by atoms with Crippen molar-refractivity contribution in [3.63, 3.8) is 0 Å². The summed E-state index contributed by atoms with van der Waals surface area (Å²) in [6, 6.07) is 12.7. The number of fused-ring (bicyclic) bond motifs is 1. The highest BCUT2D eigenvalue weighted by Gasteiger charge is 2.17. The molecule has 0 aliphatic heterocycles. The summed E-state index contributed by atoms with van der Waals surface area (Å²) in [6.07, 6.45) is 2.23. The van der Waals surface area contributed by atoms with Crippen molar-refractivity contribution in [3.05, 3.63) is 70.5 Å². The minimum Gasteiger partial charge on any atom is -0.497 e. The number of amides is 1. The van der Waals surface area contributed by atoms with Gasteiger partial charge >= 0.3 is 5.69 Å². The number of benzene rings is 1. The number of ether oxygens (including phenoxy) is 1. The van der Waals surface area contributed by atoms with Gasteiger partial charge in [-0.25, -0.2) is 14.2 Å². The Labute approximate surface area is 171 Å². The van der Waals surface area contributed by atoms with Crippen LogP contribution in [0.1, 0.15) is 22.6 Å². The van der Waals surface area contributed by atoms with Crippen LogP contribution in [0.5, 0.6) is 5.75 Å². The average Bonchev–Trinajstić information content (AvgIpc) is 3.31. The molecule has 0 unspecified atom stereocenters. The summed E-state index contributed by atoms with van der Waals surface area (Å²) in [5.74, 6) is 0.375. The Morgan fingerprint density at radius 1 is 1.20 bits per heavy atom. The molecule has 1 aromatic carbocycles. The second-order valence-electron chi connectivity index (χ2n) is 6.68. The molecule has 4 rings (SSSR count). The highest BCUT2D eigenvalue weighted by atomic mass is 16.5. The zero-order valence-corrected chi connectivity index (χ0v) is 16.6. The molecule has 0 aliphatic carbocycles. The molecule has 0 saturated heterocycles. The van der Waals surface area contributed by atoms with Crippen molar-refractivity contribution < 1.29 is 9.53 Å². The van der Waals surface area contributed by atoms with Crippen molar-refractivity contribution in [3.8, 4) is 11.4 Å². The van der Waals surface area contributed by atoms with Crippen molar-refractivity contribution in [1.82, 2.24) is 34.5 Å². The van der Waals surface area contributed by atoms with E-state index in [0.717, 1.165) is 5.69 Å². The first-order chi connectivity index (χ1) is 14.6. The average molecular weight is 407 g/mol. The Hall–Kier alpha value is -3.95. The molecule has 3 heterocycles. The lowest BCUT2D eigenvalue weighted by Crippen LogP contribution is -2.28. The molecule has 0 spiro atoms. The van der Waals surface area contributed by atoms with Gasteiger partial charge in [0.1, 0.15) is 5.75 Å². The molecular formula is C20H21N7O3. The Bertz CT molecular complexity index is 1250. The number of aromatic nitrogens is 6. The molecule has 1 amide bonds. The van der Waals surface area contributed by atoms with Crippen LogP contribution in [0.2, 0.25) is 0 Å². The number of carbonyl (C=O) groups excluding carboxylic acids is 1. The molecule has 0 bridgehead atoms. The van der Waals surface area contributed by atoms with Gasteiger partial charge < -0.3 is 10.1 Å². The van der Waals surface area contributed by atoms with E-state index in [1.165, 1.54) is 9.08 Å². The molecule has 10 nitrogen and oxygen atoms in total. The van der Waals surface area contributed by atoms with Crippen molar-refractivity contribution in [2.45, 2.75) is 19.9 Å². The zero-order valence-electron chi connectivity index (χ0n) is 16.6. The number of pyridine rings is 1. The molecule has 30 heavy (non-hydrogen) atoms. The minimum absolute atomic E-state index is 0.200. The fourth-order valence-corrected chi connectivity index (χ4v) is 3.15. The summed E-state index contributed by atoms with van der Waals surface area (Å²) in [5.41, 5.74) is 2.02. The van der Waals surface area contributed by atoms with Crippen LogP contribution >= 0.6 is 0 Å². The maximum absolute atomic E-state index is 12.5. The lowest BCUT2D eigenvalue weighted by molar-refractivity contribution is 0.0947. The van der Waals surface area contributed by atoms with Gasteiger partial charge in [0.25, 0.3) is 5.91 Å². The predicted octanol–water partition coefficient (Wildman–Crippen LogP) is 1.21. The van der Waals surface area contributed by atoms with Crippen LogP contribution in [0, 0.1) is 6.92 Å². The lowest BCUT2D eigenvalue weighted by atomic mass is 10.2. The minimum atomic E-state index is -0.316. The number of nitrogens with zero attached hydrogens (tertiary/aromatic N) is 6. The van der Waals surface area contributed by atoms with Crippen LogP contribution in [0.15, 0.2) is 53.5 Å². The first kappa shape index (κ1) is 19.4. The lowest BCUT2D eigenvalue weighted by Gasteiger charge is -2.06. The number of aryl methyl sites for hydroxylation is 1. The van der Waals surface area contributed by atoms with Gasteiger partial charge in [-0.3, -0.25) is 9.20 Å². The Balaban J connectivity index is 1.38. The summed E-state index contributed by atoms with van der Waals surface area (Å²) >= 11 is 0. The largest absolute Gasteiger partial charge is 0.497 e. The number of hydrogen-bond acceptors (Lipinski definition) is 6. The molecule has 0 saturated carbocycles. The second-order valence-corrected chi connectivity index (χ2v) is 6.68. The molecule has 10 heteroatoms. The van der Waals surface area contributed by atoms with E-state index in [0.29, 0.717) is 36.6 Å². The first-order valence-electron chi connectivity index (χ1n) is 9.47. The molecule has 0 atom stereocenters. The van der Waals surface area contributed by atoms with Gasteiger partial charge in [0.05, 0.1) is 18.5 Å². The third-order valence-corrected chi connectivity index (χ3v) is 4.73. The monoisotopic (exact) mass is 407 g/mol. The van der Waals surface area contributed by atoms with Gasteiger partial charge in [-0.15, -0.1) is 10.2 Å². The third kappa shape index (κ3) is 3.66. The fraction of sp³-hybridized carbons (Fsp3) is 0.250. The van der Waals surface area contributed by atoms with Crippen LogP contribution in [-0.4, -0.2) is 48.7 Å². The van der Waals surface area contributed by atoms with Gasteiger partial charge in [0.2, 0.25) is 0 Å². The highest BCUT2D eigenvalue weighted by molar-refractivity contribution is 5.93. The molecule has 0 radical (unpaired) electrons. The summed E-state index contributed by atoms with van der Waals surface area (Å²) in [5, 5.41) is 15.2. The second kappa shape index (κ2) is 8.19. The Morgan fingerprint density at radius 3 is 2.87 bits per heavy atom. The maximum Gasteiger partial charge on any atom is 0.350 e. The molecule has 3 aromatic heterocycles. The fourth-order valence-electron chi connectivity index (χ4n) is 3.15. The standard InChI is InChI=1S/C20H21N7O3/c1-14-18(22-24-27(14)15-7-5-8-16(13-15)30-2)19(28)21-10-6-12-26-20(29)25-11-4-3-9-17(25)23-26/h3-5,7-9,11,13H,6,10,12H2,1-2H3,(H,21,28). The van der Waals surface area contributed by atoms with Crippen molar-refractivity contribution in [2.24, 2.45) is 0 Å². The number of hydrogen-bond donors (Lipinski definition) is 1.